The maximum absolute atomic E-state index is 12.3. The molecule has 0 bridgehead atoms. The molecule has 2 aromatic heterocycles. The smallest absolute Gasteiger partial charge is 0.341 e. The van der Waals surface area contributed by atoms with E-state index in [9.17, 15) is 14.4 Å². The fourth-order valence-corrected chi connectivity index (χ4v) is 3.59. The summed E-state index contributed by atoms with van der Waals surface area (Å²) in [5.74, 6) is -1.49. The number of carbonyl (C=O) groups is 3. The molecule has 2 rings (SSSR count). The second-order valence-corrected chi connectivity index (χ2v) is 7.49. The van der Waals surface area contributed by atoms with Gasteiger partial charge in [-0.1, -0.05) is 25.4 Å². The van der Waals surface area contributed by atoms with Crippen LogP contribution in [0.3, 0.4) is 0 Å². The van der Waals surface area contributed by atoms with Crippen LogP contribution in [-0.2, 0) is 20.7 Å². The van der Waals surface area contributed by atoms with E-state index in [1.807, 2.05) is 19.2 Å². The minimum absolute atomic E-state index is 0.00547. The molecular weight excluding hydrogens is 404 g/mol. The van der Waals surface area contributed by atoms with Crippen molar-refractivity contribution in [2.45, 2.75) is 27.2 Å². The third-order valence-electron chi connectivity index (χ3n) is 3.54. The van der Waals surface area contributed by atoms with Crippen molar-refractivity contribution < 1.29 is 23.9 Å². The molecule has 0 saturated carbocycles. The summed E-state index contributed by atoms with van der Waals surface area (Å²) in [7, 11) is 0. The first-order chi connectivity index (χ1) is 13.3. The molecule has 1 amide bonds. The number of aromatic nitrogens is 1. The molecular formula is C19H21ClN2O5S. The number of thiophene rings is 1. The molecule has 7 nitrogen and oxygen atoms in total. The summed E-state index contributed by atoms with van der Waals surface area (Å²) in [6.07, 6.45) is 2.11. The van der Waals surface area contributed by atoms with Gasteiger partial charge in [0, 0.05) is 6.20 Å². The van der Waals surface area contributed by atoms with Crippen LogP contribution >= 0.6 is 22.9 Å². The number of carbonyl (C=O) groups excluding carboxylic acids is 3. The molecule has 1 N–H and O–H groups in total. The third kappa shape index (κ3) is 5.77. The highest BCUT2D eigenvalue weighted by atomic mass is 35.5. The lowest BCUT2D eigenvalue weighted by atomic mass is 10.0. The first kappa shape index (κ1) is 21.8. The fourth-order valence-electron chi connectivity index (χ4n) is 2.41. The molecule has 0 saturated heterocycles. The van der Waals surface area contributed by atoms with E-state index in [2.05, 4.69) is 10.3 Å². The second-order valence-electron chi connectivity index (χ2n) is 6.25. The molecule has 9 heteroatoms. The first-order valence-electron chi connectivity index (χ1n) is 8.68. The van der Waals surface area contributed by atoms with Gasteiger partial charge in [-0.05, 0) is 42.3 Å². The fraction of sp³-hybridized carbons (Fsp3) is 0.368. The number of pyridine rings is 1. The van der Waals surface area contributed by atoms with Crippen LogP contribution in [0.25, 0.3) is 0 Å². The summed E-state index contributed by atoms with van der Waals surface area (Å²) in [5.41, 5.74) is 1.22. The molecule has 0 radical (unpaired) electrons. The normalized spacial score (nSPS) is 10.6. The summed E-state index contributed by atoms with van der Waals surface area (Å²) in [5, 5.41) is 4.81. The van der Waals surface area contributed by atoms with Crippen LogP contribution in [0.1, 0.15) is 47.1 Å². The highest BCUT2D eigenvalue weighted by molar-refractivity contribution is 7.15. The topological polar surface area (TPSA) is 94.6 Å². The van der Waals surface area contributed by atoms with Crippen molar-refractivity contribution in [2.24, 2.45) is 5.92 Å². The largest absolute Gasteiger partial charge is 0.462 e. The first-order valence-corrected chi connectivity index (χ1v) is 9.94. The van der Waals surface area contributed by atoms with Crippen molar-refractivity contribution >= 4 is 45.8 Å². The van der Waals surface area contributed by atoms with Crippen LogP contribution in [0, 0.1) is 5.92 Å². The zero-order valence-electron chi connectivity index (χ0n) is 15.8. The van der Waals surface area contributed by atoms with Gasteiger partial charge in [0.2, 0.25) is 0 Å². The Kier molecular flexibility index (Phi) is 7.95. The number of anilines is 1. The molecule has 0 atom stereocenters. The van der Waals surface area contributed by atoms with Crippen LogP contribution < -0.4 is 5.32 Å². The number of hydrogen-bond donors (Lipinski definition) is 1. The van der Waals surface area contributed by atoms with Crippen molar-refractivity contribution in [1.29, 1.82) is 0 Å². The monoisotopic (exact) mass is 424 g/mol. The van der Waals surface area contributed by atoms with E-state index in [-0.39, 0.29) is 17.3 Å². The molecule has 0 aliphatic carbocycles. The van der Waals surface area contributed by atoms with E-state index in [0.29, 0.717) is 22.9 Å². The maximum atomic E-state index is 12.3. The summed E-state index contributed by atoms with van der Waals surface area (Å²) in [6.45, 7) is 5.49. The molecule has 2 heterocycles. The average molecular weight is 425 g/mol. The van der Waals surface area contributed by atoms with E-state index in [1.165, 1.54) is 29.7 Å². The van der Waals surface area contributed by atoms with Crippen molar-refractivity contribution in [3.05, 3.63) is 45.6 Å². The number of ether oxygens (including phenoxy) is 2. The van der Waals surface area contributed by atoms with Crippen molar-refractivity contribution in [3.63, 3.8) is 0 Å². The van der Waals surface area contributed by atoms with Gasteiger partial charge in [-0.3, -0.25) is 4.79 Å². The molecule has 0 unspecified atom stereocenters. The van der Waals surface area contributed by atoms with Crippen LogP contribution in [0.15, 0.2) is 23.7 Å². The lowest BCUT2D eigenvalue weighted by Gasteiger charge is -2.10. The minimum Gasteiger partial charge on any atom is -0.462 e. The lowest BCUT2D eigenvalue weighted by molar-refractivity contribution is -0.119. The zero-order valence-corrected chi connectivity index (χ0v) is 17.4. The minimum atomic E-state index is -0.759. The van der Waals surface area contributed by atoms with Crippen LogP contribution in [0.5, 0.6) is 0 Å². The standard InChI is InChI=1S/C19H21ClN2O5S/c1-4-26-19(25)15-12(8-11(2)3)10-28-17(15)22-14(23)9-27-18(24)13-6-5-7-21-16(13)20/h5-7,10-11H,4,8-9H2,1-3H3,(H,22,23). The molecule has 0 aliphatic rings. The SMILES string of the molecule is CCOC(=O)c1c(CC(C)C)csc1NC(=O)COC(=O)c1cccnc1Cl. The Morgan fingerprint density at radius 2 is 2.00 bits per heavy atom. The van der Waals surface area contributed by atoms with E-state index < -0.39 is 24.5 Å². The van der Waals surface area contributed by atoms with Gasteiger partial charge in [-0.15, -0.1) is 11.3 Å². The van der Waals surface area contributed by atoms with E-state index in [0.717, 1.165) is 5.56 Å². The molecule has 0 aromatic carbocycles. The van der Waals surface area contributed by atoms with Crippen LogP contribution in [0.4, 0.5) is 5.00 Å². The van der Waals surface area contributed by atoms with Gasteiger partial charge >= 0.3 is 11.9 Å². The number of hydrogen-bond acceptors (Lipinski definition) is 7. The van der Waals surface area contributed by atoms with Gasteiger partial charge < -0.3 is 14.8 Å². The highest BCUT2D eigenvalue weighted by Crippen LogP contribution is 2.31. The highest BCUT2D eigenvalue weighted by Gasteiger charge is 2.23. The van der Waals surface area contributed by atoms with Crippen molar-refractivity contribution in [3.8, 4) is 0 Å². The van der Waals surface area contributed by atoms with Gasteiger partial charge in [0.25, 0.3) is 5.91 Å². The predicted octanol–water partition coefficient (Wildman–Crippen LogP) is 3.97. The Bertz CT molecular complexity index is 866. The molecule has 2 aromatic rings. The number of esters is 2. The molecule has 0 spiro atoms. The Balaban J connectivity index is 2.06. The maximum Gasteiger partial charge on any atom is 0.341 e. The summed E-state index contributed by atoms with van der Waals surface area (Å²) >= 11 is 7.06. The number of rotatable bonds is 8. The third-order valence-corrected chi connectivity index (χ3v) is 4.79. The quantitative estimate of drug-likeness (QED) is 0.509. The van der Waals surface area contributed by atoms with Crippen molar-refractivity contribution in [2.75, 3.05) is 18.5 Å². The molecule has 0 aliphatic heterocycles. The van der Waals surface area contributed by atoms with Crippen molar-refractivity contribution in [1.82, 2.24) is 4.98 Å². The number of amides is 1. The van der Waals surface area contributed by atoms with E-state index in [4.69, 9.17) is 21.1 Å². The second kappa shape index (κ2) is 10.2. The predicted molar refractivity (Wildman–Crippen MR) is 107 cm³/mol. The molecule has 0 fully saturated rings. The molecule has 28 heavy (non-hydrogen) atoms. The Labute approximate surface area is 172 Å². The van der Waals surface area contributed by atoms with Gasteiger partial charge in [-0.2, -0.15) is 0 Å². The zero-order chi connectivity index (χ0) is 20.7. The Morgan fingerprint density at radius 1 is 1.25 bits per heavy atom. The number of nitrogens with one attached hydrogen (secondary N) is 1. The average Bonchev–Trinajstić information content (AvgIpc) is 3.01. The number of halogens is 1. The van der Waals surface area contributed by atoms with Gasteiger partial charge in [-0.25, -0.2) is 14.6 Å². The van der Waals surface area contributed by atoms with Gasteiger partial charge in [0.05, 0.1) is 17.7 Å². The summed E-state index contributed by atoms with van der Waals surface area (Å²) in [4.78, 5) is 40.3. The summed E-state index contributed by atoms with van der Waals surface area (Å²) in [6, 6.07) is 2.99. The molecule has 150 valence electrons. The van der Waals surface area contributed by atoms with Gasteiger partial charge in [0.15, 0.2) is 6.61 Å². The summed E-state index contributed by atoms with van der Waals surface area (Å²) < 4.78 is 10.1. The van der Waals surface area contributed by atoms with Gasteiger partial charge in [0.1, 0.15) is 10.2 Å². The van der Waals surface area contributed by atoms with Crippen LogP contribution in [-0.4, -0.2) is 36.0 Å². The Hall–Kier alpha value is -2.45. The van der Waals surface area contributed by atoms with Crippen LogP contribution in [0.2, 0.25) is 5.15 Å². The van der Waals surface area contributed by atoms with E-state index >= 15 is 0 Å². The number of nitrogens with zero attached hydrogens (tertiary/aromatic N) is 1. The Morgan fingerprint density at radius 3 is 2.64 bits per heavy atom. The van der Waals surface area contributed by atoms with E-state index in [1.54, 1.807) is 6.92 Å². The lowest BCUT2D eigenvalue weighted by Crippen LogP contribution is -2.22.